The van der Waals surface area contributed by atoms with Crippen molar-refractivity contribution in [3.8, 4) is 0 Å². The average Bonchev–Trinajstić information content (AvgIpc) is 2.90. The van der Waals surface area contributed by atoms with E-state index in [1.165, 1.54) is 0 Å². The van der Waals surface area contributed by atoms with Crippen LogP contribution in [-0.2, 0) is 9.59 Å². The first kappa shape index (κ1) is 13.7. The Morgan fingerprint density at radius 2 is 2.00 bits per heavy atom. The van der Waals surface area contributed by atoms with Crippen molar-refractivity contribution in [2.45, 2.75) is 52.1 Å². The Bertz CT molecular complexity index is 347. The van der Waals surface area contributed by atoms with E-state index in [0.717, 1.165) is 18.6 Å². The molecule has 0 radical (unpaired) electrons. The van der Waals surface area contributed by atoms with Crippen LogP contribution in [0, 0.1) is 5.41 Å². The van der Waals surface area contributed by atoms with Crippen molar-refractivity contribution in [3.63, 3.8) is 0 Å². The van der Waals surface area contributed by atoms with Crippen molar-refractivity contribution in [2.75, 3.05) is 11.6 Å². The molecule has 1 aliphatic carbocycles. The number of amides is 2. The smallest absolute Gasteiger partial charge is 0.243 e. The van der Waals surface area contributed by atoms with Crippen LogP contribution in [-0.4, -0.2) is 40.4 Å². The highest BCUT2D eigenvalue weighted by Gasteiger charge is 2.37. The Kier molecular flexibility index (Phi) is 3.90. The third-order valence-electron chi connectivity index (χ3n) is 3.11. The maximum atomic E-state index is 12.2. The van der Waals surface area contributed by atoms with Gasteiger partial charge in [-0.15, -0.1) is 11.8 Å². The molecule has 1 saturated heterocycles. The molecule has 1 aliphatic heterocycles. The number of nitrogens with zero attached hydrogens (tertiary/aromatic N) is 1. The van der Waals surface area contributed by atoms with Gasteiger partial charge in [-0.3, -0.25) is 9.59 Å². The minimum Gasteiger partial charge on any atom is -0.352 e. The van der Waals surface area contributed by atoms with Crippen LogP contribution in [0.4, 0.5) is 0 Å². The summed E-state index contributed by atoms with van der Waals surface area (Å²) in [7, 11) is 0. The average molecular weight is 270 g/mol. The highest BCUT2D eigenvalue weighted by atomic mass is 32.2. The summed E-state index contributed by atoms with van der Waals surface area (Å²) >= 11 is 1.66. The van der Waals surface area contributed by atoms with Crippen molar-refractivity contribution in [2.24, 2.45) is 5.41 Å². The van der Waals surface area contributed by atoms with Gasteiger partial charge in [0.15, 0.2) is 0 Å². The minimum atomic E-state index is -0.259. The zero-order valence-electron chi connectivity index (χ0n) is 11.4. The van der Waals surface area contributed by atoms with E-state index in [1.54, 1.807) is 16.7 Å². The molecule has 1 atom stereocenters. The van der Waals surface area contributed by atoms with E-state index in [2.05, 4.69) is 5.32 Å². The maximum absolute atomic E-state index is 12.2. The van der Waals surface area contributed by atoms with E-state index >= 15 is 0 Å². The predicted octanol–water partition coefficient (Wildman–Crippen LogP) is 1.60. The van der Waals surface area contributed by atoms with Gasteiger partial charge >= 0.3 is 0 Å². The molecule has 2 aliphatic rings. The normalized spacial score (nSPS) is 24.2. The zero-order chi connectivity index (χ0) is 13.3. The second-order valence-electron chi connectivity index (χ2n) is 6.40. The van der Waals surface area contributed by atoms with Crippen LogP contribution < -0.4 is 5.32 Å². The van der Waals surface area contributed by atoms with Gasteiger partial charge in [-0.05, 0) is 18.3 Å². The highest BCUT2D eigenvalue weighted by molar-refractivity contribution is 7.99. The highest BCUT2D eigenvalue weighted by Crippen LogP contribution is 2.27. The predicted molar refractivity (Wildman–Crippen MR) is 73.2 cm³/mol. The van der Waals surface area contributed by atoms with Gasteiger partial charge in [0, 0.05) is 18.2 Å². The van der Waals surface area contributed by atoms with Crippen LogP contribution >= 0.6 is 11.8 Å². The van der Waals surface area contributed by atoms with Crippen LogP contribution in [0.1, 0.15) is 40.0 Å². The summed E-state index contributed by atoms with van der Waals surface area (Å²) in [4.78, 5) is 26.0. The molecule has 0 aromatic carbocycles. The molecule has 102 valence electrons. The summed E-state index contributed by atoms with van der Waals surface area (Å²) in [5.41, 5.74) is -0.0259. The first-order chi connectivity index (χ1) is 8.37. The van der Waals surface area contributed by atoms with Crippen molar-refractivity contribution in [1.29, 1.82) is 0 Å². The third-order valence-corrected chi connectivity index (χ3v) is 4.12. The lowest BCUT2D eigenvalue weighted by Gasteiger charge is -2.26. The molecule has 1 heterocycles. The standard InChI is InChI=1S/C13H22N2O2S/c1-13(2,3)6-11(16)15-8-18-7-10(15)12(17)14-9-4-5-9/h9-10H,4-8H2,1-3H3,(H,14,17)/t10-/m0/s1. The molecule has 0 aromatic rings. The summed E-state index contributed by atoms with van der Waals surface area (Å²) in [6.07, 6.45) is 2.67. The molecule has 0 aromatic heterocycles. The van der Waals surface area contributed by atoms with E-state index < -0.39 is 0 Å². The number of carbonyl (C=O) groups excluding carboxylic acids is 2. The molecule has 0 spiro atoms. The lowest BCUT2D eigenvalue weighted by molar-refractivity contribution is -0.139. The van der Waals surface area contributed by atoms with Gasteiger partial charge in [0.1, 0.15) is 6.04 Å². The molecule has 1 saturated carbocycles. The lowest BCUT2D eigenvalue weighted by Crippen LogP contribution is -2.48. The number of nitrogens with one attached hydrogen (secondary N) is 1. The van der Waals surface area contributed by atoms with Gasteiger partial charge in [0.2, 0.25) is 11.8 Å². The molecule has 0 bridgehead atoms. The van der Waals surface area contributed by atoms with Gasteiger partial charge in [-0.1, -0.05) is 20.8 Å². The van der Waals surface area contributed by atoms with Crippen molar-refractivity contribution in [3.05, 3.63) is 0 Å². The van der Waals surface area contributed by atoms with Crippen LogP contribution in [0.2, 0.25) is 0 Å². The molecule has 2 amide bonds. The molecular weight excluding hydrogens is 248 g/mol. The number of thioether (sulfide) groups is 1. The fraction of sp³-hybridized carbons (Fsp3) is 0.846. The fourth-order valence-corrected chi connectivity index (χ4v) is 3.17. The van der Waals surface area contributed by atoms with Crippen LogP contribution in [0.5, 0.6) is 0 Å². The Hall–Kier alpha value is -0.710. The van der Waals surface area contributed by atoms with Crippen molar-refractivity contribution in [1.82, 2.24) is 10.2 Å². The second kappa shape index (κ2) is 5.11. The third kappa shape index (κ3) is 3.64. The van der Waals surface area contributed by atoms with Gasteiger partial charge in [-0.2, -0.15) is 0 Å². The molecule has 4 nitrogen and oxygen atoms in total. The Morgan fingerprint density at radius 3 is 2.56 bits per heavy atom. The Labute approximate surface area is 113 Å². The molecular formula is C13H22N2O2S. The summed E-state index contributed by atoms with van der Waals surface area (Å²) < 4.78 is 0. The largest absolute Gasteiger partial charge is 0.352 e. The van der Waals surface area contributed by atoms with Crippen LogP contribution in [0.3, 0.4) is 0 Å². The summed E-state index contributed by atoms with van der Waals surface area (Å²) in [6.45, 7) is 6.15. The lowest BCUT2D eigenvalue weighted by atomic mass is 9.91. The second-order valence-corrected chi connectivity index (χ2v) is 7.40. The molecule has 5 heteroatoms. The van der Waals surface area contributed by atoms with E-state index in [4.69, 9.17) is 0 Å². The van der Waals surface area contributed by atoms with E-state index in [1.807, 2.05) is 20.8 Å². The van der Waals surface area contributed by atoms with Crippen LogP contribution in [0.25, 0.3) is 0 Å². The summed E-state index contributed by atoms with van der Waals surface area (Å²) in [5, 5.41) is 3.00. The molecule has 1 N–H and O–H groups in total. The monoisotopic (exact) mass is 270 g/mol. The first-order valence-electron chi connectivity index (χ1n) is 6.54. The van der Waals surface area contributed by atoms with Crippen LogP contribution in [0.15, 0.2) is 0 Å². The molecule has 18 heavy (non-hydrogen) atoms. The molecule has 0 unspecified atom stereocenters. The number of hydrogen-bond donors (Lipinski definition) is 1. The van der Waals surface area contributed by atoms with Gasteiger partial charge < -0.3 is 10.2 Å². The van der Waals surface area contributed by atoms with Gasteiger partial charge in [0.05, 0.1) is 5.88 Å². The van der Waals surface area contributed by atoms with Crippen molar-refractivity contribution >= 4 is 23.6 Å². The fourth-order valence-electron chi connectivity index (χ4n) is 1.99. The number of hydrogen-bond acceptors (Lipinski definition) is 3. The Morgan fingerprint density at radius 1 is 1.33 bits per heavy atom. The number of rotatable bonds is 3. The van der Waals surface area contributed by atoms with E-state index in [9.17, 15) is 9.59 Å². The summed E-state index contributed by atoms with van der Waals surface area (Å²) in [5.74, 6) is 1.51. The molecule has 2 fully saturated rings. The van der Waals surface area contributed by atoms with Gasteiger partial charge in [-0.25, -0.2) is 0 Å². The zero-order valence-corrected chi connectivity index (χ0v) is 12.2. The minimum absolute atomic E-state index is 0.0259. The van der Waals surface area contributed by atoms with Crippen molar-refractivity contribution < 1.29 is 9.59 Å². The van der Waals surface area contributed by atoms with Gasteiger partial charge in [0.25, 0.3) is 0 Å². The Balaban J connectivity index is 1.93. The topological polar surface area (TPSA) is 49.4 Å². The van der Waals surface area contributed by atoms with E-state index in [0.29, 0.717) is 18.3 Å². The quantitative estimate of drug-likeness (QED) is 0.847. The number of carbonyl (C=O) groups is 2. The SMILES string of the molecule is CC(C)(C)CC(=O)N1CSC[C@H]1C(=O)NC1CC1. The molecule has 2 rings (SSSR count). The first-order valence-corrected chi connectivity index (χ1v) is 7.70. The summed E-state index contributed by atoms with van der Waals surface area (Å²) in [6, 6.07) is 0.105. The maximum Gasteiger partial charge on any atom is 0.243 e. The van der Waals surface area contributed by atoms with E-state index in [-0.39, 0.29) is 23.3 Å².